The Morgan fingerprint density at radius 1 is 1.00 bits per heavy atom. The number of carbonyl (C=O) groups is 4. The van der Waals surface area contributed by atoms with E-state index in [9.17, 15) is 29.5 Å². The largest absolute Gasteiger partial charge is 0.494 e. The predicted octanol–water partition coefficient (Wildman–Crippen LogP) is 8.02. The van der Waals surface area contributed by atoms with Crippen molar-refractivity contribution in [1.29, 1.82) is 5.26 Å². The van der Waals surface area contributed by atoms with Crippen LogP contribution < -0.4 is 25.4 Å². The molecule has 4 N–H and O–H groups in total. The Balaban J connectivity index is 0.895. The monoisotopic (exact) mass is 968 g/mol. The molecule has 2 unspecified atom stereocenters. The Morgan fingerprint density at radius 2 is 1.68 bits per heavy atom. The van der Waals surface area contributed by atoms with E-state index in [-0.39, 0.29) is 56.2 Å². The molecule has 2 aliphatic rings. The number of nitrogens with zero attached hydrogens (tertiary/aromatic N) is 3. The van der Waals surface area contributed by atoms with Crippen LogP contribution in [0.1, 0.15) is 108 Å². The molecule has 0 radical (unpaired) electrons. The number of ether oxygens (including phenoxy) is 3. The fourth-order valence-corrected chi connectivity index (χ4v) is 10.5. The number of rotatable bonds is 19. The van der Waals surface area contributed by atoms with Gasteiger partial charge in [0.15, 0.2) is 0 Å². The molecule has 16 heteroatoms. The summed E-state index contributed by atoms with van der Waals surface area (Å²) in [5.41, 5.74) is 4.12. The lowest BCUT2D eigenvalue weighted by Gasteiger charge is -2.63. The van der Waals surface area contributed by atoms with E-state index in [1.807, 2.05) is 64.4 Å². The third-order valence-electron chi connectivity index (χ3n) is 13.0. The van der Waals surface area contributed by atoms with Gasteiger partial charge in [-0.3, -0.25) is 19.2 Å². The van der Waals surface area contributed by atoms with Crippen LogP contribution in [-0.2, 0) is 25.7 Å². The van der Waals surface area contributed by atoms with Crippen molar-refractivity contribution in [3.8, 4) is 28.0 Å². The summed E-state index contributed by atoms with van der Waals surface area (Å²) in [6, 6.07) is 20.0. The maximum absolute atomic E-state index is 14.0. The number of unbranched alkanes of at least 4 members (excludes halogenated alkanes) is 1. The van der Waals surface area contributed by atoms with E-state index in [0.717, 1.165) is 34.5 Å². The number of carbonyl (C=O) groups excluding carboxylic acids is 4. The summed E-state index contributed by atoms with van der Waals surface area (Å²) in [5, 5.41) is 29.1. The number of nitrogens with one attached hydrogen (secondary N) is 3. The van der Waals surface area contributed by atoms with Gasteiger partial charge in [-0.1, -0.05) is 84.3 Å². The molecule has 0 bridgehead atoms. The van der Waals surface area contributed by atoms with Gasteiger partial charge < -0.3 is 40.2 Å². The molecule has 4 atom stereocenters. The number of hydrogen-bond acceptors (Lipinski definition) is 11. The zero-order chi connectivity index (χ0) is 49.6. The number of nitriles is 1. The first-order chi connectivity index (χ1) is 32.1. The molecule has 6 rings (SSSR count). The van der Waals surface area contributed by atoms with Crippen LogP contribution in [0, 0.1) is 34.5 Å². The highest BCUT2D eigenvalue weighted by Gasteiger charge is 2.64. The topological polar surface area (TPSA) is 192 Å². The molecule has 2 heterocycles. The molecule has 2 fully saturated rings. The average molecular weight is 970 g/mol. The quantitative estimate of drug-likeness (QED) is 0.0670. The Kier molecular flexibility index (Phi) is 16.6. The van der Waals surface area contributed by atoms with Crippen LogP contribution in [-0.4, -0.2) is 94.8 Å². The highest BCUT2D eigenvalue weighted by Crippen LogP contribution is 2.55. The molecular weight excluding hydrogens is 904 g/mol. The molecular formula is C52H65ClN6O8S. The van der Waals surface area contributed by atoms with Gasteiger partial charge in [0.1, 0.15) is 42.4 Å². The van der Waals surface area contributed by atoms with Crippen LogP contribution in [0.25, 0.3) is 10.4 Å². The Hall–Kier alpha value is -5.53. The van der Waals surface area contributed by atoms with Gasteiger partial charge >= 0.3 is 0 Å². The lowest BCUT2D eigenvalue weighted by atomic mass is 9.49. The van der Waals surface area contributed by atoms with E-state index < -0.39 is 46.2 Å². The molecule has 14 nitrogen and oxygen atoms in total. The zero-order valence-electron chi connectivity index (χ0n) is 40.5. The van der Waals surface area contributed by atoms with E-state index in [0.29, 0.717) is 40.7 Å². The summed E-state index contributed by atoms with van der Waals surface area (Å²) >= 11 is 7.81. The molecule has 1 aliphatic carbocycles. The van der Waals surface area contributed by atoms with E-state index in [2.05, 4.69) is 54.7 Å². The highest BCUT2D eigenvalue weighted by molar-refractivity contribution is 7.13. The summed E-state index contributed by atoms with van der Waals surface area (Å²) in [6.07, 6.45) is 0.965. The van der Waals surface area contributed by atoms with Gasteiger partial charge in [-0.05, 0) is 86.1 Å². The molecule has 1 aliphatic heterocycles. The molecule has 1 saturated carbocycles. The first-order valence-corrected chi connectivity index (χ1v) is 24.4. The minimum atomic E-state index is -0.962. The molecule has 364 valence electrons. The first-order valence-electron chi connectivity index (χ1n) is 23.2. The molecule has 4 amide bonds. The number of thiazole rings is 1. The number of likely N-dealkylation sites (tertiary alicyclic amines) is 1. The van der Waals surface area contributed by atoms with Crippen LogP contribution >= 0.6 is 22.9 Å². The number of aryl methyl sites for hydroxylation is 1. The normalized spacial score (nSPS) is 20.3. The fraction of sp³-hybridized carbons (Fsp3) is 0.500. The molecule has 4 aromatic rings. The van der Waals surface area contributed by atoms with Gasteiger partial charge in [-0.2, -0.15) is 5.26 Å². The van der Waals surface area contributed by atoms with Crippen molar-refractivity contribution in [1.82, 2.24) is 25.8 Å². The smallest absolute Gasteiger partial charge is 0.251 e. The Labute approximate surface area is 409 Å². The van der Waals surface area contributed by atoms with Gasteiger partial charge in [0.05, 0.1) is 45.5 Å². The number of β-amino-alcohol motifs (C(OH)–C–C–N with tert-alkyl or cyclic N) is 1. The van der Waals surface area contributed by atoms with Crippen LogP contribution in [0.2, 0.25) is 5.02 Å². The summed E-state index contributed by atoms with van der Waals surface area (Å²) in [5.74, 6) is -0.237. The van der Waals surface area contributed by atoms with Crippen molar-refractivity contribution < 1.29 is 38.5 Å². The lowest BCUT2D eigenvalue weighted by molar-refractivity contribution is -0.164. The molecule has 68 heavy (non-hydrogen) atoms. The Bertz CT molecular complexity index is 2450. The van der Waals surface area contributed by atoms with Gasteiger partial charge in [-0.15, -0.1) is 11.3 Å². The van der Waals surface area contributed by atoms with Gasteiger partial charge in [0.2, 0.25) is 17.7 Å². The lowest BCUT2D eigenvalue weighted by Crippen LogP contribution is -2.74. The molecule has 0 spiro atoms. The van der Waals surface area contributed by atoms with Crippen molar-refractivity contribution in [2.45, 2.75) is 131 Å². The van der Waals surface area contributed by atoms with Gasteiger partial charge in [0.25, 0.3) is 5.91 Å². The number of halogens is 1. The number of aromatic nitrogens is 1. The highest BCUT2D eigenvalue weighted by atomic mass is 35.5. The van der Waals surface area contributed by atoms with Crippen molar-refractivity contribution in [3.63, 3.8) is 0 Å². The summed E-state index contributed by atoms with van der Waals surface area (Å²) in [4.78, 5) is 60.9. The molecule has 1 aromatic heterocycles. The summed E-state index contributed by atoms with van der Waals surface area (Å²) in [6.45, 7) is 18.1. The number of hydrogen-bond donors (Lipinski definition) is 4. The number of aliphatic hydroxyl groups excluding tert-OH is 1. The summed E-state index contributed by atoms with van der Waals surface area (Å²) < 4.78 is 18.2. The summed E-state index contributed by atoms with van der Waals surface area (Å²) in [7, 11) is 0. The van der Waals surface area contributed by atoms with Crippen LogP contribution in [0.5, 0.6) is 11.5 Å². The van der Waals surface area contributed by atoms with Gasteiger partial charge in [-0.25, -0.2) is 4.98 Å². The van der Waals surface area contributed by atoms with Crippen molar-refractivity contribution >= 4 is 46.6 Å². The average Bonchev–Trinajstić information content (AvgIpc) is 3.92. The second-order valence-corrected chi connectivity index (χ2v) is 21.5. The number of benzene rings is 3. The van der Waals surface area contributed by atoms with Crippen LogP contribution in [0.15, 0.2) is 72.2 Å². The molecule has 1 saturated heterocycles. The predicted molar refractivity (Wildman–Crippen MR) is 262 cm³/mol. The van der Waals surface area contributed by atoms with Crippen molar-refractivity contribution in [2.24, 2.45) is 16.2 Å². The third kappa shape index (κ3) is 12.4. The van der Waals surface area contributed by atoms with Crippen LogP contribution in [0.4, 0.5) is 0 Å². The van der Waals surface area contributed by atoms with E-state index >= 15 is 0 Å². The Morgan fingerprint density at radius 3 is 2.29 bits per heavy atom. The minimum absolute atomic E-state index is 0.0160. The number of aliphatic hydroxyl groups is 1. The maximum atomic E-state index is 14.0. The third-order valence-corrected chi connectivity index (χ3v) is 14.3. The van der Waals surface area contributed by atoms with E-state index in [4.69, 9.17) is 25.8 Å². The van der Waals surface area contributed by atoms with E-state index in [1.54, 1.807) is 53.8 Å². The van der Waals surface area contributed by atoms with E-state index in [1.165, 1.54) is 4.90 Å². The van der Waals surface area contributed by atoms with Crippen LogP contribution in [0.3, 0.4) is 0 Å². The van der Waals surface area contributed by atoms with Crippen molar-refractivity contribution in [3.05, 3.63) is 99.6 Å². The zero-order valence-corrected chi connectivity index (χ0v) is 42.1. The SMILES string of the molecule is Cc1ncsc1-c1ccc(CNC(=O)C2CC(O)CN2C(=O)[C@@H](NC(=O)CO[C@@H](C)CCCCOc2ccc(C(=O)NC3C(C)(C)C(Oc4ccc(C#N)c(Cl)c4)C3(C)C)cc2)C(C)(C)C)cc1. The van der Waals surface area contributed by atoms with Gasteiger partial charge in [0, 0.05) is 48.0 Å². The molecule has 3 aromatic carbocycles. The first kappa shape index (κ1) is 51.9. The fourth-order valence-electron chi connectivity index (χ4n) is 9.52. The van der Waals surface area contributed by atoms with Crippen molar-refractivity contribution in [2.75, 3.05) is 19.8 Å². The second kappa shape index (κ2) is 21.8. The second-order valence-electron chi connectivity index (χ2n) is 20.2. The minimum Gasteiger partial charge on any atom is -0.494 e. The maximum Gasteiger partial charge on any atom is 0.251 e. The standard InChI is InChI=1S/C52H65ClN6O8S/c1-31(12-10-11-23-65-38-20-17-35(18-21-38)45(62)58-48-51(6,7)49(52(48,8)9)67-39-22-19-36(26-54)40(53)25-39)66-29-42(61)57-44(50(3,4)5)47(64)59-28-37(60)24-41(59)46(63)55-27-33-13-15-34(16-14-33)43-32(2)56-30-68-43/h13-22,25,30-31,37,41,44,48-49,60H,10-12,23-24,27-29H2,1-9H3,(H,55,63)(H,57,61)(H,58,62)/t31-,37?,41?,44+,48?,49?/m0/s1. The number of amides is 4.